The van der Waals surface area contributed by atoms with Crippen molar-refractivity contribution < 1.29 is 9.59 Å². The Hall–Kier alpha value is -3.51. The van der Waals surface area contributed by atoms with Crippen molar-refractivity contribution in [2.75, 3.05) is 5.32 Å². The summed E-state index contributed by atoms with van der Waals surface area (Å²) in [5, 5.41) is 6.21. The van der Waals surface area contributed by atoms with Gasteiger partial charge in [-0.3, -0.25) is 14.6 Å². The number of pyridine rings is 1. The first-order valence-electron chi connectivity index (χ1n) is 13.7. The van der Waals surface area contributed by atoms with Crippen molar-refractivity contribution in [3.8, 4) is 22.4 Å². The number of amides is 2. The van der Waals surface area contributed by atoms with E-state index < -0.39 is 5.54 Å². The normalized spacial score (nSPS) is 17.7. The molecule has 1 aromatic heterocycles. The number of benzene rings is 2. The van der Waals surface area contributed by atoms with Gasteiger partial charge in [-0.1, -0.05) is 68.4 Å². The first-order valence-corrected chi connectivity index (χ1v) is 13.7. The highest BCUT2D eigenvalue weighted by Gasteiger charge is 2.25. The number of carbonyl (C=O) groups is 2. The molecule has 0 spiro atoms. The van der Waals surface area contributed by atoms with Crippen molar-refractivity contribution in [2.24, 2.45) is 17.6 Å². The van der Waals surface area contributed by atoms with E-state index in [0.29, 0.717) is 18.0 Å². The zero-order valence-electron chi connectivity index (χ0n) is 23.0. The molecule has 1 aliphatic carbocycles. The predicted octanol–water partition coefficient (Wildman–Crippen LogP) is 6.27. The van der Waals surface area contributed by atoms with Gasteiger partial charge in [0.2, 0.25) is 11.8 Å². The maximum atomic E-state index is 12.9. The summed E-state index contributed by atoms with van der Waals surface area (Å²) in [6.07, 6.45) is 5.94. The highest BCUT2D eigenvalue weighted by Crippen LogP contribution is 2.34. The third-order valence-electron chi connectivity index (χ3n) is 7.35. The second-order valence-corrected chi connectivity index (χ2v) is 11.4. The minimum atomic E-state index is -0.413. The molecule has 0 atom stereocenters. The van der Waals surface area contributed by atoms with Crippen molar-refractivity contribution >= 4 is 17.5 Å². The van der Waals surface area contributed by atoms with E-state index >= 15 is 0 Å². The van der Waals surface area contributed by atoms with Gasteiger partial charge >= 0.3 is 0 Å². The molecule has 3 aromatic rings. The quantitative estimate of drug-likeness (QED) is 0.331. The molecule has 6 heteroatoms. The molecule has 0 bridgehead atoms. The topological polar surface area (TPSA) is 97.1 Å². The lowest BCUT2D eigenvalue weighted by Gasteiger charge is -2.29. The molecule has 0 unspecified atom stereocenters. The van der Waals surface area contributed by atoms with Crippen LogP contribution in [0.3, 0.4) is 0 Å². The van der Waals surface area contributed by atoms with Gasteiger partial charge in [0.25, 0.3) is 0 Å². The Balaban J connectivity index is 1.46. The second-order valence-electron chi connectivity index (χ2n) is 11.4. The summed E-state index contributed by atoms with van der Waals surface area (Å²) in [5.74, 6) is 0.434. The molecule has 4 rings (SSSR count). The number of rotatable bonds is 8. The van der Waals surface area contributed by atoms with Gasteiger partial charge in [0.15, 0.2) is 0 Å². The summed E-state index contributed by atoms with van der Waals surface area (Å²) in [4.78, 5) is 29.7. The number of anilines is 1. The van der Waals surface area contributed by atoms with Crippen LogP contribution >= 0.6 is 0 Å². The van der Waals surface area contributed by atoms with E-state index in [9.17, 15) is 9.59 Å². The van der Waals surface area contributed by atoms with Gasteiger partial charge in [-0.05, 0) is 62.6 Å². The molecular weight excluding hydrogens is 472 g/mol. The molecule has 6 nitrogen and oxygen atoms in total. The lowest BCUT2D eigenvalue weighted by atomic mass is 9.83. The third-order valence-corrected chi connectivity index (χ3v) is 7.35. The van der Waals surface area contributed by atoms with Crippen molar-refractivity contribution in [2.45, 2.75) is 71.4 Å². The molecule has 1 fully saturated rings. The van der Waals surface area contributed by atoms with Crippen LogP contribution in [0.5, 0.6) is 0 Å². The number of nitrogens with two attached hydrogens (primary N) is 1. The van der Waals surface area contributed by atoms with Crippen LogP contribution in [0.15, 0.2) is 66.9 Å². The Morgan fingerprint density at radius 3 is 2.24 bits per heavy atom. The first-order chi connectivity index (χ1) is 18.1. The standard InChI is InChI=1S/C32H40N4O2/c1-21(2)31(38)36-26-16-10-22(11-17-26)18-29(37)35-27-19-28(23-8-6-5-7-9-23)30(34-20-27)24-12-14-25(15-13-24)32(3,4)33/h5-9,12-15,19-22,26H,10-11,16-18,33H2,1-4H3,(H,35,37)(H,36,38)/t22-,26-. The van der Waals surface area contributed by atoms with E-state index in [1.54, 1.807) is 6.20 Å². The minimum Gasteiger partial charge on any atom is -0.353 e. The summed E-state index contributed by atoms with van der Waals surface area (Å²) in [7, 11) is 0. The molecule has 0 radical (unpaired) electrons. The molecule has 2 aromatic carbocycles. The largest absolute Gasteiger partial charge is 0.353 e. The van der Waals surface area contributed by atoms with E-state index in [-0.39, 0.29) is 23.8 Å². The molecule has 200 valence electrons. The van der Waals surface area contributed by atoms with Crippen LogP contribution in [-0.2, 0) is 15.1 Å². The van der Waals surface area contributed by atoms with E-state index in [1.165, 1.54) is 0 Å². The van der Waals surface area contributed by atoms with Crippen LogP contribution in [0.1, 0.15) is 65.4 Å². The number of aromatic nitrogens is 1. The molecule has 2 amide bonds. The molecule has 4 N–H and O–H groups in total. The fourth-order valence-electron chi connectivity index (χ4n) is 5.01. The van der Waals surface area contributed by atoms with Crippen molar-refractivity contribution in [1.82, 2.24) is 10.3 Å². The average molecular weight is 513 g/mol. The number of nitrogens with zero attached hydrogens (tertiary/aromatic N) is 1. The Labute approximate surface area is 226 Å². The minimum absolute atomic E-state index is 0.00255. The van der Waals surface area contributed by atoms with E-state index in [4.69, 9.17) is 10.7 Å². The summed E-state index contributed by atoms with van der Waals surface area (Å²) in [6, 6.07) is 20.5. The van der Waals surface area contributed by atoms with Crippen LogP contribution in [0, 0.1) is 11.8 Å². The van der Waals surface area contributed by atoms with Crippen LogP contribution in [-0.4, -0.2) is 22.8 Å². The number of hydrogen-bond donors (Lipinski definition) is 3. The van der Waals surface area contributed by atoms with E-state index in [2.05, 4.69) is 34.9 Å². The van der Waals surface area contributed by atoms with Gasteiger partial charge in [-0.2, -0.15) is 0 Å². The van der Waals surface area contributed by atoms with Gasteiger partial charge in [0.1, 0.15) is 0 Å². The van der Waals surface area contributed by atoms with Crippen LogP contribution < -0.4 is 16.4 Å². The van der Waals surface area contributed by atoms with Crippen LogP contribution in [0.25, 0.3) is 22.4 Å². The zero-order chi connectivity index (χ0) is 27.3. The predicted molar refractivity (Wildman–Crippen MR) is 154 cm³/mol. The maximum Gasteiger partial charge on any atom is 0.224 e. The van der Waals surface area contributed by atoms with Crippen molar-refractivity contribution in [3.63, 3.8) is 0 Å². The van der Waals surface area contributed by atoms with Crippen molar-refractivity contribution in [3.05, 3.63) is 72.4 Å². The summed E-state index contributed by atoms with van der Waals surface area (Å²) in [5.41, 5.74) is 11.5. The van der Waals surface area contributed by atoms with Gasteiger partial charge in [0, 0.05) is 35.0 Å². The van der Waals surface area contributed by atoms with Gasteiger partial charge in [-0.25, -0.2) is 0 Å². The molecule has 1 heterocycles. The Kier molecular flexibility index (Phi) is 8.62. The first kappa shape index (κ1) is 27.5. The van der Waals surface area contributed by atoms with Crippen LogP contribution in [0.2, 0.25) is 0 Å². The summed E-state index contributed by atoms with van der Waals surface area (Å²) in [6.45, 7) is 7.80. The fourth-order valence-corrected chi connectivity index (χ4v) is 5.01. The molecule has 38 heavy (non-hydrogen) atoms. The highest BCUT2D eigenvalue weighted by atomic mass is 16.2. The van der Waals surface area contributed by atoms with Gasteiger partial charge in [-0.15, -0.1) is 0 Å². The lowest BCUT2D eigenvalue weighted by molar-refractivity contribution is -0.125. The molecule has 0 saturated heterocycles. The SMILES string of the molecule is CC(C)C(=O)N[C@H]1CC[C@H](CC(=O)Nc2cnc(-c3ccc(C(C)(C)N)cc3)c(-c3ccccc3)c2)CC1. The van der Waals surface area contributed by atoms with Gasteiger partial charge < -0.3 is 16.4 Å². The number of nitrogens with one attached hydrogen (secondary N) is 2. The van der Waals surface area contributed by atoms with Crippen LogP contribution in [0.4, 0.5) is 5.69 Å². The van der Waals surface area contributed by atoms with Crippen molar-refractivity contribution in [1.29, 1.82) is 0 Å². The Bertz CT molecular complexity index is 1240. The molecule has 1 aliphatic rings. The average Bonchev–Trinajstić information content (AvgIpc) is 2.90. The fraction of sp³-hybridized carbons (Fsp3) is 0.406. The molecular formula is C32H40N4O2. The maximum absolute atomic E-state index is 12.9. The lowest BCUT2D eigenvalue weighted by Crippen LogP contribution is -2.40. The second kappa shape index (κ2) is 11.9. The Morgan fingerprint density at radius 1 is 0.974 bits per heavy atom. The summed E-state index contributed by atoms with van der Waals surface area (Å²) >= 11 is 0. The molecule has 0 aliphatic heterocycles. The zero-order valence-corrected chi connectivity index (χ0v) is 23.0. The van der Waals surface area contributed by atoms with E-state index in [0.717, 1.165) is 53.6 Å². The number of hydrogen-bond acceptors (Lipinski definition) is 4. The monoisotopic (exact) mass is 512 g/mol. The molecule has 1 saturated carbocycles. The van der Waals surface area contributed by atoms with Gasteiger partial charge in [0.05, 0.1) is 17.6 Å². The number of carbonyl (C=O) groups excluding carboxylic acids is 2. The van der Waals surface area contributed by atoms with E-state index in [1.807, 2.05) is 64.1 Å². The smallest absolute Gasteiger partial charge is 0.224 e. The highest BCUT2D eigenvalue weighted by molar-refractivity contribution is 5.93. The Morgan fingerprint density at radius 2 is 1.63 bits per heavy atom. The third kappa shape index (κ3) is 7.07. The summed E-state index contributed by atoms with van der Waals surface area (Å²) < 4.78 is 0.